The molecule has 2 aromatic carbocycles. The summed E-state index contributed by atoms with van der Waals surface area (Å²) in [4.78, 5) is 38.9. The Bertz CT molecular complexity index is 1120. The summed E-state index contributed by atoms with van der Waals surface area (Å²) in [6.45, 7) is 5.62. The average molecular weight is 551 g/mol. The van der Waals surface area contributed by atoms with E-state index in [2.05, 4.69) is 21.2 Å². The number of benzene rings is 2. The number of ether oxygens (including phenoxy) is 2. The molecule has 1 aliphatic heterocycles. The summed E-state index contributed by atoms with van der Waals surface area (Å²) in [7, 11) is 0. The lowest BCUT2D eigenvalue weighted by Gasteiger charge is -2.19. The van der Waals surface area contributed by atoms with Gasteiger partial charge in [-0.15, -0.1) is 0 Å². The Morgan fingerprint density at radius 2 is 1.85 bits per heavy atom. The summed E-state index contributed by atoms with van der Waals surface area (Å²) in [6.07, 6.45) is 2.30. The highest BCUT2D eigenvalue weighted by atomic mass is 79.9. The molecule has 0 unspecified atom stereocenters. The fourth-order valence-corrected chi connectivity index (χ4v) is 4.46. The molecule has 2 aromatic rings. The Balaban J connectivity index is 1.77. The molecule has 1 atom stereocenters. The number of halogens is 2. The van der Waals surface area contributed by atoms with Crippen molar-refractivity contribution in [2.24, 2.45) is 0 Å². The topological polar surface area (TPSA) is 84.9 Å². The van der Waals surface area contributed by atoms with Gasteiger partial charge in [-0.05, 0) is 80.1 Å². The van der Waals surface area contributed by atoms with Gasteiger partial charge in [0, 0.05) is 16.2 Å². The Morgan fingerprint density at radius 3 is 2.50 bits per heavy atom. The van der Waals surface area contributed by atoms with Gasteiger partial charge in [-0.1, -0.05) is 22.9 Å². The van der Waals surface area contributed by atoms with Crippen LogP contribution in [0.5, 0.6) is 11.5 Å². The maximum atomic E-state index is 13.0. The van der Waals surface area contributed by atoms with Crippen molar-refractivity contribution in [1.29, 1.82) is 0 Å². The van der Waals surface area contributed by atoms with Crippen LogP contribution >= 0.6 is 27.7 Å². The van der Waals surface area contributed by atoms with Gasteiger partial charge in [-0.25, -0.2) is 4.39 Å². The van der Waals surface area contributed by atoms with E-state index in [0.29, 0.717) is 45.2 Å². The molecule has 3 amide bonds. The molecule has 3 rings (SSSR count). The number of nitrogens with zero attached hydrogens (tertiary/aromatic N) is 1. The van der Waals surface area contributed by atoms with Gasteiger partial charge < -0.3 is 14.8 Å². The SMILES string of the molecule is CCOc1cc(/C=C2/SC(=O)N([C@@H](C)CC)C2=O)c(Br)cc1OCC(=O)Nc1ccc(F)cc1. The van der Waals surface area contributed by atoms with Gasteiger partial charge in [0.05, 0.1) is 11.5 Å². The number of amides is 3. The molecule has 7 nitrogen and oxygen atoms in total. The van der Waals surface area contributed by atoms with Gasteiger partial charge in [-0.3, -0.25) is 19.3 Å². The third-order valence-corrected chi connectivity index (χ3v) is 6.56. The largest absolute Gasteiger partial charge is 0.490 e. The van der Waals surface area contributed by atoms with Crippen LogP contribution in [0, 0.1) is 5.82 Å². The van der Waals surface area contributed by atoms with E-state index in [1.807, 2.05) is 20.8 Å². The zero-order valence-electron chi connectivity index (χ0n) is 18.9. The molecule has 0 aliphatic carbocycles. The van der Waals surface area contributed by atoms with Crippen LogP contribution in [-0.4, -0.2) is 41.2 Å². The van der Waals surface area contributed by atoms with Crippen LogP contribution in [0.2, 0.25) is 0 Å². The van der Waals surface area contributed by atoms with E-state index in [-0.39, 0.29) is 23.8 Å². The van der Waals surface area contributed by atoms with Gasteiger partial charge in [0.25, 0.3) is 17.1 Å². The lowest BCUT2D eigenvalue weighted by Crippen LogP contribution is -2.36. The molecule has 0 radical (unpaired) electrons. The first-order valence-corrected chi connectivity index (χ1v) is 12.3. The number of carbonyl (C=O) groups is 3. The average Bonchev–Trinajstić information content (AvgIpc) is 3.08. The Kier molecular flexibility index (Phi) is 8.73. The lowest BCUT2D eigenvalue weighted by molar-refractivity contribution is -0.124. The van der Waals surface area contributed by atoms with Crippen molar-refractivity contribution in [2.45, 2.75) is 33.2 Å². The van der Waals surface area contributed by atoms with Crippen molar-refractivity contribution < 1.29 is 28.2 Å². The predicted octanol–water partition coefficient (Wildman–Crippen LogP) is 5.84. The molecule has 0 saturated carbocycles. The number of anilines is 1. The molecule has 10 heteroatoms. The number of hydrogen-bond donors (Lipinski definition) is 1. The monoisotopic (exact) mass is 550 g/mol. The molecule has 0 aromatic heterocycles. The van der Waals surface area contributed by atoms with Gasteiger partial charge in [0.2, 0.25) is 0 Å². The van der Waals surface area contributed by atoms with E-state index >= 15 is 0 Å². The smallest absolute Gasteiger partial charge is 0.293 e. The highest BCUT2D eigenvalue weighted by molar-refractivity contribution is 9.10. The minimum atomic E-state index is -0.423. The van der Waals surface area contributed by atoms with Crippen LogP contribution in [0.15, 0.2) is 45.8 Å². The molecule has 1 saturated heterocycles. The number of nitrogens with one attached hydrogen (secondary N) is 1. The summed E-state index contributed by atoms with van der Waals surface area (Å²) in [6, 6.07) is 8.53. The number of rotatable bonds is 9. The lowest BCUT2D eigenvalue weighted by atomic mass is 10.1. The van der Waals surface area contributed by atoms with Gasteiger partial charge in [0.1, 0.15) is 5.82 Å². The Labute approximate surface area is 209 Å². The number of thioether (sulfide) groups is 1. The fourth-order valence-electron chi connectivity index (χ4n) is 3.10. The van der Waals surface area contributed by atoms with Crippen molar-refractivity contribution in [2.75, 3.05) is 18.5 Å². The van der Waals surface area contributed by atoms with E-state index in [1.54, 1.807) is 18.2 Å². The second-order valence-corrected chi connectivity index (χ2v) is 9.25. The van der Waals surface area contributed by atoms with Crippen molar-refractivity contribution in [3.63, 3.8) is 0 Å². The highest BCUT2D eigenvalue weighted by Gasteiger charge is 2.37. The van der Waals surface area contributed by atoms with E-state index in [0.717, 1.165) is 11.8 Å². The van der Waals surface area contributed by atoms with E-state index in [4.69, 9.17) is 9.47 Å². The fraction of sp³-hybridized carbons (Fsp3) is 0.292. The van der Waals surface area contributed by atoms with Crippen molar-refractivity contribution in [3.8, 4) is 11.5 Å². The summed E-state index contributed by atoms with van der Waals surface area (Å²) >= 11 is 4.36. The minimum Gasteiger partial charge on any atom is -0.490 e. The van der Waals surface area contributed by atoms with Gasteiger partial charge >= 0.3 is 0 Å². The van der Waals surface area contributed by atoms with Crippen LogP contribution in [-0.2, 0) is 9.59 Å². The molecule has 180 valence electrons. The van der Waals surface area contributed by atoms with Crippen LogP contribution in [0.3, 0.4) is 0 Å². The standard InChI is InChI=1S/C24H24BrFN2O5S/c1-4-14(3)28-23(30)21(34-24(28)31)11-15-10-19(32-5-2)20(12-18(15)25)33-13-22(29)27-17-8-6-16(26)7-9-17/h6-12,14H,4-5,13H2,1-3H3,(H,27,29)/b21-11+/t14-/m0/s1. The molecular formula is C24H24BrFN2O5S. The minimum absolute atomic E-state index is 0.183. The zero-order chi connectivity index (χ0) is 24.8. The molecule has 1 fully saturated rings. The third-order valence-electron chi connectivity index (χ3n) is 4.99. The van der Waals surface area contributed by atoms with Crippen LogP contribution in [0.25, 0.3) is 6.08 Å². The summed E-state index contributed by atoms with van der Waals surface area (Å²) in [5.74, 6) is -0.439. The second kappa shape index (κ2) is 11.5. The van der Waals surface area contributed by atoms with Crippen molar-refractivity contribution in [3.05, 3.63) is 57.2 Å². The van der Waals surface area contributed by atoms with Gasteiger partial charge in [0.15, 0.2) is 18.1 Å². The van der Waals surface area contributed by atoms with Crippen LogP contribution in [0.4, 0.5) is 14.9 Å². The normalized spacial score (nSPS) is 15.6. The maximum absolute atomic E-state index is 13.0. The van der Waals surface area contributed by atoms with Crippen LogP contribution < -0.4 is 14.8 Å². The van der Waals surface area contributed by atoms with Crippen molar-refractivity contribution in [1.82, 2.24) is 4.90 Å². The molecule has 0 spiro atoms. The zero-order valence-corrected chi connectivity index (χ0v) is 21.3. The summed E-state index contributed by atoms with van der Waals surface area (Å²) in [5, 5.41) is 2.33. The Morgan fingerprint density at radius 1 is 1.18 bits per heavy atom. The predicted molar refractivity (Wildman–Crippen MR) is 133 cm³/mol. The molecule has 1 aliphatic rings. The number of hydrogen-bond acceptors (Lipinski definition) is 6. The number of imide groups is 1. The molecule has 1 heterocycles. The molecule has 34 heavy (non-hydrogen) atoms. The first-order chi connectivity index (χ1) is 16.2. The van der Waals surface area contributed by atoms with E-state index in [9.17, 15) is 18.8 Å². The summed E-state index contributed by atoms with van der Waals surface area (Å²) in [5.41, 5.74) is 1.07. The first-order valence-electron chi connectivity index (χ1n) is 10.6. The Hall–Kier alpha value is -2.85. The maximum Gasteiger partial charge on any atom is 0.293 e. The first kappa shape index (κ1) is 25.8. The molecule has 0 bridgehead atoms. The highest BCUT2D eigenvalue weighted by Crippen LogP contribution is 2.39. The molecule has 1 N–H and O–H groups in total. The van der Waals surface area contributed by atoms with Crippen molar-refractivity contribution >= 4 is 56.5 Å². The van der Waals surface area contributed by atoms with Crippen LogP contribution in [0.1, 0.15) is 32.8 Å². The quantitative estimate of drug-likeness (QED) is 0.395. The number of carbonyl (C=O) groups excluding carboxylic acids is 3. The molecular weight excluding hydrogens is 527 g/mol. The van der Waals surface area contributed by atoms with E-state index < -0.39 is 11.7 Å². The van der Waals surface area contributed by atoms with E-state index in [1.165, 1.54) is 29.2 Å². The van der Waals surface area contributed by atoms with Gasteiger partial charge in [-0.2, -0.15) is 0 Å². The second-order valence-electron chi connectivity index (χ2n) is 7.41. The third kappa shape index (κ3) is 6.18. The summed E-state index contributed by atoms with van der Waals surface area (Å²) < 4.78 is 24.9.